The summed E-state index contributed by atoms with van der Waals surface area (Å²) in [5.74, 6) is 0.271. The van der Waals surface area contributed by atoms with Crippen molar-refractivity contribution in [3.63, 3.8) is 0 Å². The van der Waals surface area contributed by atoms with E-state index in [1.54, 1.807) is 13.3 Å². The average molecular weight is 570 g/mol. The van der Waals surface area contributed by atoms with Crippen LogP contribution in [0, 0.1) is 27.7 Å². The van der Waals surface area contributed by atoms with E-state index < -0.39 is 0 Å². The molecule has 5 rings (SSSR count). The third-order valence-corrected chi connectivity index (χ3v) is 8.03. The van der Waals surface area contributed by atoms with Crippen LogP contribution in [0.15, 0.2) is 66.9 Å². The van der Waals surface area contributed by atoms with Gasteiger partial charge in [0.1, 0.15) is 12.4 Å². The second kappa shape index (κ2) is 11.7. The van der Waals surface area contributed by atoms with Gasteiger partial charge in [-0.1, -0.05) is 18.2 Å². The molecule has 8 nitrogen and oxygen atoms in total. The van der Waals surface area contributed by atoms with Gasteiger partial charge in [-0.25, -0.2) is 0 Å². The number of benzene rings is 2. The fourth-order valence-corrected chi connectivity index (χ4v) is 5.99. The van der Waals surface area contributed by atoms with Gasteiger partial charge in [-0.2, -0.15) is 0 Å². The highest BCUT2D eigenvalue weighted by molar-refractivity contribution is 7.80. The van der Waals surface area contributed by atoms with Crippen molar-refractivity contribution < 1.29 is 14.3 Å². The number of amides is 1. The third-order valence-electron chi connectivity index (χ3n) is 7.71. The van der Waals surface area contributed by atoms with Crippen molar-refractivity contribution in [2.75, 3.05) is 31.0 Å². The number of hydrogen-bond acceptors (Lipinski definition) is 5. The molecule has 0 unspecified atom stereocenters. The maximum atomic E-state index is 12.4. The number of pyridine rings is 1. The molecule has 9 heteroatoms. The molecular formula is C32H35N5O3S. The van der Waals surface area contributed by atoms with Gasteiger partial charge in [0.15, 0.2) is 5.11 Å². The monoisotopic (exact) mass is 569 g/mol. The van der Waals surface area contributed by atoms with Crippen LogP contribution >= 0.6 is 12.2 Å². The largest absolute Gasteiger partial charge is 0.495 e. The maximum absolute atomic E-state index is 12.4. The lowest BCUT2D eigenvalue weighted by Crippen LogP contribution is -2.29. The molecule has 1 saturated heterocycles. The molecule has 0 radical (unpaired) electrons. The second-order valence-corrected chi connectivity index (χ2v) is 10.6. The summed E-state index contributed by atoms with van der Waals surface area (Å²) in [5.41, 5.74) is 9.28. The van der Waals surface area contributed by atoms with Crippen molar-refractivity contribution in [2.24, 2.45) is 0 Å². The summed E-state index contributed by atoms with van der Waals surface area (Å²) in [6.45, 7) is 8.53. The highest BCUT2D eigenvalue weighted by Crippen LogP contribution is 2.45. The summed E-state index contributed by atoms with van der Waals surface area (Å²) in [5, 5.41) is 7.01. The first-order valence-corrected chi connectivity index (χ1v) is 13.9. The van der Waals surface area contributed by atoms with E-state index in [0.717, 1.165) is 34.0 Å². The zero-order chi connectivity index (χ0) is 29.3. The van der Waals surface area contributed by atoms with Gasteiger partial charge in [-0.15, -0.1) is 0 Å². The lowest BCUT2D eigenvalue weighted by molar-refractivity contribution is -0.119. The first-order chi connectivity index (χ1) is 19.7. The van der Waals surface area contributed by atoms with Crippen LogP contribution in [0.5, 0.6) is 5.75 Å². The fraction of sp³-hybridized carbons (Fsp3) is 0.281. The SMILES string of the molecule is COCC(=O)Nc1cc(N2C(=S)N[C@H](c3ccccn3)[C@H]2c2cc(C)n(-c3cccc(C)c3C)c2C)ccc1OC. The molecule has 0 bridgehead atoms. The molecule has 212 valence electrons. The molecular weight excluding hydrogens is 534 g/mol. The Labute approximate surface area is 246 Å². The first-order valence-electron chi connectivity index (χ1n) is 13.5. The molecule has 0 spiro atoms. The zero-order valence-corrected chi connectivity index (χ0v) is 25.0. The summed E-state index contributed by atoms with van der Waals surface area (Å²) in [4.78, 5) is 19.2. The number of ether oxygens (including phenoxy) is 2. The third kappa shape index (κ3) is 5.30. The minimum absolute atomic E-state index is 0.0637. The van der Waals surface area contributed by atoms with E-state index in [4.69, 9.17) is 26.7 Å². The minimum Gasteiger partial charge on any atom is -0.495 e. The number of carbonyl (C=O) groups excluding carboxylic acids is 1. The number of nitrogens with zero attached hydrogens (tertiary/aromatic N) is 3. The molecule has 0 saturated carbocycles. The maximum Gasteiger partial charge on any atom is 0.250 e. The van der Waals surface area contributed by atoms with E-state index in [2.05, 4.69) is 72.1 Å². The van der Waals surface area contributed by atoms with Crippen LogP contribution < -0.4 is 20.3 Å². The van der Waals surface area contributed by atoms with Crippen LogP contribution in [0.2, 0.25) is 0 Å². The van der Waals surface area contributed by atoms with Crippen molar-refractivity contribution in [3.05, 3.63) is 101 Å². The van der Waals surface area contributed by atoms with Crippen LogP contribution in [-0.2, 0) is 9.53 Å². The Morgan fingerprint density at radius 3 is 2.56 bits per heavy atom. The predicted octanol–water partition coefficient (Wildman–Crippen LogP) is 5.88. The van der Waals surface area contributed by atoms with E-state index in [0.29, 0.717) is 16.5 Å². The highest BCUT2D eigenvalue weighted by Gasteiger charge is 2.42. The Bertz CT molecular complexity index is 1600. The topological polar surface area (TPSA) is 80.7 Å². The van der Waals surface area contributed by atoms with Gasteiger partial charge in [0.05, 0.1) is 30.6 Å². The minimum atomic E-state index is -0.273. The lowest BCUT2D eigenvalue weighted by Gasteiger charge is -2.29. The fourth-order valence-electron chi connectivity index (χ4n) is 5.65. The molecule has 3 heterocycles. The summed E-state index contributed by atoms with van der Waals surface area (Å²) in [6.07, 6.45) is 1.80. The van der Waals surface area contributed by atoms with Crippen molar-refractivity contribution in [1.29, 1.82) is 0 Å². The number of nitrogens with one attached hydrogen (secondary N) is 2. The van der Waals surface area contributed by atoms with Gasteiger partial charge in [0.2, 0.25) is 5.91 Å². The first kappa shape index (κ1) is 28.3. The second-order valence-electron chi connectivity index (χ2n) is 10.2. The summed E-state index contributed by atoms with van der Waals surface area (Å²) in [7, 11) is 3.06. The number of methoxy groups -OCH3 is 2. The van der Waals surface area contributed by atoms with Gasteiger partial charge < -0.3 is 29.6 Å². The number of rotatable bonds is 8. The molecule has 41 heavy (non-hydrogen) atoms. The van der Waals surface area contributed by atoms with Crippen molar-refractivity contribution in [1.82, 2.24) is 14.9 Å². The number of aryl methyl sites for hydroxylation is 2. The normalized spacial score (nSPS) is 16.5. The van der Waals surface area contributed by atoms with E-state index >= 15 is 0 Å². The van der Waals surface area contributed by atoms with Gasteiger partial charge in [-0.3, -0.25) is 9.78 Å². The molecule has 0 aliphatic carbocycles. The van der Waals surface area contributed by atoms with Gasteiger partial charge in [-0.05, 0) is 99.1 Å². The summed E-state index contributed by atoms with van der Waals surface area (Å²) in [6, 6.07) is 19.8. The van der Waals surface area contributed by atoms with Gasteiger partial charge in [0, 0.05) is 36.1 Å². The molecule has 2 aromatic heterocycles. The number of carbonyl (C=O) groups is 1. The predicted molar refractivity (Wildman–Crippen MR) is 166 cm³/mol. The van der Waals surface area contributed by atoms with Crippen LogP contribution in [0.1, 0.15) is 45.9 Å². The Morgan fingerprint density at radius 1 is 1.05 bits per heavy atom. The number of hydrogen-bond donors (Lipinski definition) is 2. The van der Waals surface area contributed by atoms with Crippen molar-refractivity contribution in [2.45, 2.75) is 39.8 Å². The zero-order valence-electron chi connectivity index (χ0n) is 24.2. The van der Waals surface area contributed by atoms with E-state index in [1.807, 2.05) is 36.4 Å². The molecule has 1 amide bonds. The lowest BCUT2D eigenvalue weighted by atomic mass is 9.96. The molecule has 1 aliphatic heterocycles. The van der Waals surface area contributed by atoms with Crippen LogP contribution in [0.25, 0.3) is 5.69 Å². The van der Waals surface area contributed by atoms with Crippen LogP contribution in [0.3, 0.4) is 0 Å². The smallest absolute Gasteiger partial charge is 0.250 e. The van der Waals surface area contributed by atoms with Crippen molar-refractivity contribution in [3.8, 4) is 11.4 Å². The quantitative estimate of drug-likeness (QED) is 0.257. The average Bonchev–Trinajstić information content (AvgIpc) is 3.45. The number of anilines is 2. The number of aromatic nitrogens is 2. The van der Waals surface area contributed by atoms with E-state index in [9.17, 15) is 4.79 Å². The van der Waals surface area contributed by atoms with Crippen molar-refractivity contribution >= 4 is 34.6 Å². The summed E-state index contributed by atoms with van der Waals surface area (Å²) < 4.78 is 12.9. The van der Waals surface area contributed by atoms with Crippen LogP contribution in [0.4, 0.5) is 11.4 Å². The molecule has 2 aromatic carbocycles. The van der Waals surface area contributed by atoms with E-state index in [-0.39, 0.29) is 24.6 Å². The standard InChI is InChI=1S/C32H35N5O3S/c1-19-10-9-12-27(21(19)3)36-20(2)16-24(22(36)4)31-30(25-11-7-8-15-33-25)35-32(41)37(31)23-13-14-28(40-6)26(17-23)34-29(38)18-39-5/h7-17,30-31H,18H2,1-6H3,(H,34,38)(H,35,41)/t30-,31-/m1/s1. The number of thiocarbonyl (C=S) groups is 1. The Kier molecular flexibility index (Phi) is 8.10. The highest BCUT2D eigenvalue weighted by atomic mass is 32.1. The Balaban J connectivity index is 1.67. The van der Waals surface area contributed by atoms with Crippen LogP contribution in [-0.4, -0.2) is 41.4 Å². The molecule has 2 N–H and O–H groups in total. The summed E-state index contributed by atoms with van der Waals surface area (Å²) >= 11 is 5.97. The van der Waals surface area contributed by atoms with Gasteiger partial charge in [0.25, 0.3) is 0 Å². The van der Waals surface area contributed by atoms with Gasteiger partial charge >= 0.3 is 0 Å². The molecule has 2 atom stereocenters. The molecule has 1 fully saturated rings. The molecule has 1 aliphatic rings. The Morgan fingerprint density at radius 2 is 1.85 bits per heavy atom. The molecule has 4 aromatic rings. The van der Waals surface area contributed by atoms with E-state index in [1.165, 1.54) is 18.2 Å². The Hall–Kier alpha value is -4.21.